The van der Waals surface area contributed by atoms with Crippen LogP contribution < -0.4 is 5.32 Å². The van der Waals surface area contributed by atoms with Crippen LogP contribution in [0.5, 0.6) is 0 Å². The van der Waals surface area contributed by atoms with Gasteiger partial charge in [-0.05, 0) is 36.4 Å². The number of hydrogen-bond acceptors (Lipinski definition) is 3. The zero-order valence-electron chi connectivity index (χ0n) is 13.5. The predicted molar refractivity (Wildman–Crippen MR) is 99.7 cm³/mol. The maximum atomic E-state index is 13.8. The molecule has 0 unspecified atom stereocenters. The summed E-state index contributed by atoms with van der Waals surface area (Å²) >= 11 is 1.45. The molecule has 0 saturated heterocycles. The van der Waals surface area contributed by atoms with Crippen LogP contribution in [0.2, 0.25) is 0 Å². The van der Waals surface area contributed by atoms with Gasteiger partial charge in [-0.1, -0.05) is 24.3 Å². The number of halogens is 1. The molecule has 25 heavy (non-hydrogen) atoms. The van der Waals surface area contributed by atoms with Crippen LogP contribution in [0.4, 0.5) is 4.39 Å². The summed E-state index contributed by atoms with van der Waals surface area (Å²) in [5, 5.41) is 2.83. The fraction of sp³-hybridized carbons (Fsp3) is 0.100. The molecular weight excluding hydrogens is 335 g/mol. The summed E-state index contributed by atoms with van der Waals surface area (Å²) < 4.78 is 13.8. The third-order valence-electron chi connectivity index (χ3n) is 3.57. The van der Waals surface area contributed by atoms with Gasteiger partial charge in [0.1, 0.15) is 5.82 Å². The normalized spacial score (nSPS) is 10.9. The van der Waals surface area contributed by atoms with E-state index in [0.717, 1.165) is 15.4 Å². The highest BCUT2D eigenvalue weighted by Gasteiger charge is 2.06. The van der Waals surface area contributed by atoms with Crippen LogP contribution >= 0.6 is 11.3 Å². The molecule has 0 aliphatic carbocycles. The van der Waals surface area contributed by atoms with Crippen molar-refractivity contribution in [3.63, 3.8) is 0 Å². The second kappa shape index (κ2) is 8.35. The molecule has 0 bridgehead atoms. The maximum absolute atomic E-state index is 13.8. The number of pyridine rings is 1. The van der Waals surface area contributed by atoms with E-state index in [1.54, 1.807) is 24.4 Å². The third kappa shape index (κ3) is 4.84. The maximum Gasteiger partial charge on any atom is 0.244 e. The molecule has 3 rings (SSSR count). The summed E-state index contributed by atoms with van der Waals surface area (Å²) in [5.74, 6) is -0.399. The topological polar surface area (TPSA) is 42.0 Å². The molecular formula is C20H17FN2OS. The van der Waals surface area contributed by atoms with Gasteiger partial charge < -0.3 is 5.32 Å². The van der Waals surface area contributed by atoms with Crippen molar-refractivity contribution < 1.29 is 9.18 Å². The van der Waals surface area contributed by atoms with Crippen molar-refractivity contribution in [3.05, 3.63) is 83.3 Å². The van der Waals surface area contributed by atoms with E-state index in [1.807, 2.05) is 36.4 Å². The van der Waals surface area contributed by atoms with Gasteiger partial charge >= 0.3 is 0 Å². The number of nitrogens with zero attached hydrogens (tertiary/aromatic N) is 1. The lowest BCUT2D eigenvalue weighted by molar-refractivity contribution is -0.116. The third-order valence-corrected chi connectivity index (χ3v) is 4.66. The Balaban J connectivity index is 1.54. The van der Waals surface area contributed by atoms with Gasteiger partial charge in [-0.25, -0.2) is 4.39 Å². The number of benzene rings is 1. The lowest BCUT2D eigenvalue weighted by Gasteiger charge is -2.01. The van der Waals surface area contributed by atoms with E-state index in [-0.39, 0.29) is 11.7 Å². The highest BCUT2D eigenvalue weighted by molar-refractivity contribution is 7.16. The summed E-state index contributed by atoms with van der Waals surface area (Å²) in [5.41, 5.74) is 1.52. The molecule has 0 radical (unpaired) electrons. The zero-order chi connectivity index (χ0) is 17.5. The molecule has 1 N–H and O–H groups in total. The predicted octanol–water partition coefficient (Wildman–Crippen LogP) is 4.32. The van der Waals surface area contributed by atoms with Gasteiger partial charge in [-0.2, -0.15) is 0 Å². The van der Waals surface area contributed by atoms with Crippen LogP contribution in [0.15, 0.2) is 66.9 Å². The minimum Gasteiger partial charge on any atom is -0.352 e. The molecule has 0 atom stereocenters. The molecule has 0 fully saturated rings. The fourth-order valence-electron chi connectivity index (χ4n) is 2.32. The van der Waals surface area contributed by atoms with Crippen molar-refractivity contribution >= 4 is 23.3 Å². The number of thiophene rings is 1. The SMILES string of the molecule is O=C(/C=C/c1ccc(-c2ccccc2F)s1)NCCc1ccccn1. The van der Waals surface area contributed by atoms with Crippen LogP contribution in [-0.2, 0) is 11.2 Å². The molecule has 3 nitrogen and oxygen atoms in total. The van der Waals surface area contributed by atoms with Crippen molar-refractivity contribution in [3.8, 4) is 10.4 Å². The van der Waals surface area contributed by atoms with Crippen molar-refractivity contribution in [2.75, 3.05) is 6.54 Å². The van der Waals surface area contributed by atoms with Crippen LogP contribution in [0.1, 0.15) is 10.6 Å². The summed E-state index contributed by atoms with van der Waals surface area (Å²) in [4.78, 5) is 17.8. The zero-order valence-corrected chi connectivity index (χ0v) is 14.3. The van der Waals surface area contributed by atoms with Gasteiger partial charge in [0.05, 0.1) is 0 Å². The van der Waals surface area contributed by atoms with Crippen molar-refractivity contribution in [2.45, 2.75) is 6.42 Å². The first-order chi connectivity index (χ1) is 12.2. The Morgan fingerprint density at radius 1 is 1.12 bits per heavy atom. The lowest BCUT2D eigenvalue weighted by Crippen LogP contribution is -2.23. The minimum absolute atomic E-state index is 0.156. The van der Waals surface area contributed by atoms with E-state index in [9.17, 15) is 9.18 Å². The van der Waals surface area contributed by atoms with Crippen molar-refractivity contribution in [1.29, 1.82) is 0 Å². The van der Waals surface area contributed by atoms with Gasteiger partial charge in [0.25, 0.3) is 0 Å². The standard InChI is InChI=1S/C20H17FN2OS/c21-18-7-2-1-6-17(18)19-10-8-16(25-19)9-11-20(24)23-14-12-15-5-3-4-13-22-15/h1-11,13H,12,14H2,(H,23,24)/b11-9+. The molecule has 2 heterocycles. The second-order valence-corrected chi connectivity index (χ2v) is 6.49. The molecule has 0 spiro atoms. The number of hydrogen-bond donors (Lipinski definition) is 1. The molecule has 1 amide bonds. The second-order valence-electron chi connectivity index (χ2n) is 5.38. The molecule has 1 aromatic carbocycles. The first kappa shape index (κ1) is 17.0. The Hall–Kier alpha value is -2.79. The summed E-state index contributed by atoms with van der Waals surface area (Å²) in [7, 11) is 0. The largest absolute Gasteiger partial charge is 0.352 e. The monoisotopic (exact) mass is 352 g/mol. The van der Waals surface area contributed by atoms with Crippen LogP contribution in [-0.4, -0.2) is 17.4 Å². The van der Waals surface area contributed by atoms with Crippen molar-refractivity contribution in [2.24, 2.45) is 0 Å². The Bertz CT molecular complexity index is 874. The number of carbonyl (C=O) groups excluding carboxylic acids is 1. The van der Waals surface area contributed by atoms with Gasteiger partial charge in [-0.3, -0.25) is 9.78 Å². The van der Waals surface area contributed by atoms with E-state index >= 15 is 0 Å². The first-order valence-electron chi connectivity index (χ1n) is 7.93. The minimum atomic E-state index is -0.243. The van der Waals surface area contributed by atoms with Crippen LogP contribution in [0.25, 0.3) is 16.5 Å². The molecule has 3 aromatic rings. The first-order valence-corrected chi connectivity index (χ1v) is 8.74. The van der Waals surface area contributed by atoms with Crippen molar-refractivity contribution in [1.82, 2.24) is 10.3 Å². The molecule has 0 saturated carbocycles. The van der Waals surface area contributed by atoms with E-state index in [2.05, 4.69) is 10.3 Å². The Morgan fingerprint density at radius 2 is 1.96 bits per heavy atom. The van der Waals surface area contributed by atoms with E-state index in [4.69, 9.17) is 0 Å². The molecule has 0 aliphatic heterocycles. The Morgan fingerprint density at radius 3 is 2.76 bits per heavy atom. The van der Waals surface area contributed by atoms with Gasteiger partial charge in [-0.15, -0.1) is 11.3 Å². The number of amides is 1. The average molecular weight is 352 g/mol. The van der Waals surface area contributed by atoms with E-state index < -0.39 is 0 Å². The van der Waals surface area contributed by atoms with E-state index in [0.29, 0.717) is 18.5 Å². The Labute approximate surface area is 149 Å². The smallest absolute Gasteiger partial charge is 0.244 e. The fourth-order valence-corrected chi connectivity index (χ4v) is 3.26. The number of aromatic nitrogens is 1. The van der Waals surface area contributed by atoms with Gasteiger partial charge in [0.15, 0.2) is 0 Å². The van der Waals surface area contributed by atoms with Crippen LogP contribution in [0.3, 0.4) is 0 Å². The highest BCUT2D eigenvalue weighted by atomic mass is 32.1. The van der Waals surface area contributed by atoms with Gasteiger partial charge in [0, 0.05) is 46.3 Å². The lowest BCUT2D eigenvalue weighted by atomic mass is 10.2. The highest BCUT2D eigenvalue weighted by Crippen LogP contribution is 2.30. The van der Waals surface area contributed by atoms with E-state index in [1.165, 1.54) is 23.5 Å². The molecule has 2 aromatic heterocycles. The summed E-state index contributed by atoms with van der Waals surface area (Å²) in [6.45, 7) is 0.533. The Kier molecular flexibility index (Phi) is 5.69. The summed E-state index contributed by atoms with van der Waals surface area (Å²) in [6.07, 6.45) is 5.67. The number of rotatable bonds is 6. The molecule has 0 aliphatic rings. The average Bonchev–Trinajstić information content (AvgIpc) is 3.10. The number of carbonyl (C=O) groups is 1. The molecule has 126 valence electrons. The quantitative estimate of drug-likeness (QED) is 0.671. The number of nitrogens with one attached hydrogen (secondary N) is 1. The van der Waals surface area contributed by atoms with Crippen LogP contribution in [0, 0.1) is 5.82 Å². The van der Waals surface area contributed by atoms with Gasteiger partial charge in [0.2, 0.25) is 5.91 Å². The summed E-state index contributed by atoms with van der Waals surface area (Å²) in [6, 6.07) is 16.1. The molecule has 5 heteroatoms.